The molecule has 0 bridgehead atoms. The lowest BCUT2D eigenvalue weighted by Crippen LogP contribution is -2.33. The number of carbonyl (C=O) groups is 1. The molecule has 0 atom stereocenters. The monoisotopic (exact) mass is 246 g/mol. The summed E-state index contributed by atoms with van der Waals surface area (Å²) in [5, 5.41) is 17.8. The molecule has 4 heteroatoms. The topological polar surface area (TPSA) is 64.3 Å². The summed E-state index contributed by atoms with van der Waals surface area (Å²) in [5.74, 6) is -0.474. The van der Waals surface area contributed by atoms with E-state index in [2.05, 4.69) is 6.07 Å². The summed E-state index contributed by atoms with van der Waals surface area (Å²) in [4.78, 5) is 12.7. The van der Waals surface area contributed by atoms with Crippen LogP contribution in [0.2, 0.25) is 0 Å². The van der Waals surface area contributed by atoms with Gasteiger partial charge in [-0.2, -0.15) is 5.26 Å². The van der Waals surface area contributed by atoms with E-state index in [1.54, 1.807) is 12.1 Å². The average Bonchev–Trinajstić information content (AvgIpc) is 2.26. The number of aliphatic carboxylic acids is 1. The van der Waals surface area contributed by atoms with Crippen molar-refractivity contribution in [3.63, 3.8) is 0 Å². The minimum atomic E-state index is -0.849. The number of nitrogens with zero attached hydrogens (tertiary/aromatic N) is 2. The highest BCUT2D eigenvalue weighted by atomic mass is 16.4. The van der Waals surface area contributed by atoms with Gasteiger partial charge in [-0.15, -0.1) is 0 Å². The molecule has 1 aromatic carbocycles. The van der Waals surface area contributed by atoms with Crippen molar-refractivity contribution in [1.82, 2.24) is 0 Å². The molecule has 0 aliphatic carbocycles. The normalized spacial score (nSPS) is 10.2. The molecule has 0 amide bonds. The van der Waals surface area contributed by atoms with Gasteiger partial charge in [0.05, 0.1) is 11.6 Å². The van der Waals surface area contributed by atoms with Crippen LogP contribution < -0.4 is 4.90 Å². The highest BCUT2D eigenvalue weighted by molar-refractivity contribution is 5.74. The molecule has 1 rings (SSSR count). The Hall–Kier alpha value is -2.02. The predicted molar refractivity (Wildman–Crippen MR) is 70.6 cm³/mol. The van der Waals surface area contributed by atoms with Gasteiger partial charge in [-0.1, -0.05) is 13.8 Å². The minimum absolute atomic E-state index is 0.0243. The molecule has 1 aromatic rings. The highest BCUT2D eigenvalue weighted by Crippen LogP contribution is 2.19. The van der Waals surface area contributed by atoms with Crippen LogP contribution in [0, 0.1) is 24.2 Å². The number of carboxylic acid groups (broad SMARTS) is 1. The van der Waals surface area contributed by atoms with Crippen LogP contribution in [-0.2, 0) is 4.79 Å². The largest absolute Gasteiger partial charge is 0.480 e. The molecule has 0 saturated carbocycles. The number of benzene rings is 1. The van der Waals surface area contributed by atoms with Gasteiger partial charge in [0.2, 0.25) is 0 Å². The second-order valence-electron chi connectivity index (χ2n) is 4.78. The van der Waals surface area contributed by atoms with Crippen molar-refractivity contribution in [3.05, 3.63) is 29.3 Å². The fourth-order valence-corrected chi connectivity index (χ4v) is 1.84. The highest BCUT2D eigenvalue weighted by Gasteiger charge is 2.13. The zero-order valence-electron chi connectivity index (χ0n) is 11.0. The van der Waals surface area contributed by atoms with Gasteiger partial charge in [0.1, 0.15) is 6.54 Å². The minimum Gasteiger partial charge on any atom is -0.480 e. The first-order valence-electron chi connectivity index (χ1n) is 5.91. The van der Waals surface area contributed by atoms with Gasteiger partial charge in [0.25, 0.3) is 0 Å². The summed E-state index contributed by atoms with van der Waals surface area (Å²) in [6, 6.07) is 7.51. The molecular formula is C14H18N2O2. The predicted octanol–water partition coefficient (Wildman–Crippen LogP) is 2.41. The Labute approximate surface area is 107 Å². The molecule has 4 nitrogen and oxygen atoms in total. The van der Waals surface area contributed by atoms with Crippen LogP contribution in [0.15, 0.2) is 18.2 Å². The zero-order chi connectivity index (χ0) is 13.7. The van der Waals surface area contributed by atoms with Crippen LogP contribution in [0.25, 0.3) is 0 Å². The van der Waals surface area contributed by atoms with E-state index < -0.39 is 5.97 Å². The van der Waals surface area contributed by atoms with E-state index in [0.717, 1.165) is 11.3 Å². The maximum atomic E-state index is 10.9. The molecule has 0 aliphatic rings. The van der Waals surface area contributed by atoms with Crippen LogP contribution in [0.3, 0.4) is 0 Å². The van der Waals surface area contributed by atoms with Crippen LogP contribution in [0.4, 0.5) is 5.69 Å². The molecule has 0 fully saturated rings. The molecule has 0 saturated heterocycles. The van der Waals surface area contributed by atoms with Crippen LogP contribution >= 0.6 is 0 Å². The fraction of sp³-hybridized carbons (Fsp3) is 0.429. The Morgan fingerprint density at radius 1 is 1.50 bits per heavy atom. The number of rotatable bonds is 5. The SMILES string of the molecule is Cc1cc(N(CC(=O)O)CC(C)C)ccc1C#N. The zero-order valence-corrected chi connectivity index (χ0v) is 11.0. The molecule has 96 valence electrons. The van der Waals surface area contributed by atoms with Crippen molar-refractivity contribution in [2.24, 2.45) is 5.92 Å². The summed E-state index contributed by atoms with van der Waals surface area (Å²) in [7, 11) is 0. The van der Waals surface area contributed by atoms with E-state index >= 15 is 0 Å². The Balaban J connectivity index is 3.01. The van der Waals surface area contributed by atoms with E-state index in [-0.39, 0.29) is 6.54 Å². The van der Waals surface area contributed by atoms with Crippen molar-refractivity contribution in [3.8, 4) is 6.07 Å². The number of hydrogen-bond donors (Lipinski definition) is 1. The van der Waals surface area contributed by atoms with Crippen molar-refractivity contribution in [2.75, 3.05) is 18.0 Å². The quantitative estimate of drug-likeness (QED) is 0.866. The maximum absolute atomic E-state index is 10.9. The maximum Gasteiger partial charge on any atom is 0.323 e. The third-order valence-electron chi connectivity index (χ3n) is 2.61. The van der Waals surface area contributed by atoms with E-state index in [1.807, 2.05) is 31.7 Å². The first-order valence-corrected chi connectivity index (χ1v) is 5.91. The summed E-state index contributed by atoms with van der Waals surface area (Å²) >= 11 is 0. The Bertz CT molecular complexity index is 475. The second kappa shape index (κ2) is 6.06. The first-order chi connectivity index (χ1) is 8.43. The molecular weight excluding hydrogens is 228 g/mol. The van der Waals surface area contributed by atoms with Gasteiger partial charge in [-0.25, -0.2) is 0 Å². The smallest absolute Gasteiger partial charge is 0.323 e. The van der Waals surface area contributed by atoms with E-state index in [0.29, 0.717) is 18.0 Å². The lowest BCUT2D eigenvalue weighted by molar-refractivity contribution is -0.135. The van der Waals surface area contributed by atoms with Crippen LogP contribution in [0.5, 0.6) is 0 Å². The van der Waals surface area contributed by atoms with Crippen LogP contribution in [0.1, 0.15) is 25.0 Å². The van der Waals surface area contributed by atoms with E-state index in [9.17, 15) is 4.79 Å². The van der Waals surface area contributed by atoms with Crippen molar-refractivity contribution in [2.45, 2.75) is 20.8 Å². The lowest BCUT2D eigenvalue weighted by atomic mass is 10.1. The number of anilines is 1. The van der Waals surface area contributed by atoms with Gasteiger partial charge >= 0.3 is 5.97 Å². The second-order valence-corrected chi connectivity index (χ2v) is 4.78. The summed E-state index contributed by atoms with van der Waals surface area (Å²) in [6.45, 7) is 6.61. The van der Waals surface area contributed by atoms with Gasteiger partial charge < -0.3 is 10.0 Å². The third kappa shape index (κ3) is 3.77. The average molecular weight is 246 g/mol. The molecule has 0 spiro atoms. The van der Waals surface area contributed by atoms with Gasteiger partial charge in [-0.05, 0) is 36.6 Å². The van der Waals surface area contributed by atoms with Gasteiger partial charge in [0, 0.05) is 12.2 Å². The molecule has 0 aromatic heterocycles. The molecule has 0 radical (unpaired) electrons. The van der Waals surface area contributed by atoms with Gasteiger partial charge in [-0.3, -0.25) is 4.79 Å². The number of aryl methyl sites for hydroxylation is 1. The lowest BCUT2D eigenvalue weighted by Gasteiger charge is -2.25. The summed E-state index contributed by atoms with van der Waals surface area (Å²) in [6.07, 6.45) is 0. The molecule has 0 aliphatic heterocycles. The number of carboxylic acids is 1. The summed E-state index contributed by atoms with van der Waals surface area (Å²) in [5.41, 5.74) is 2.34. The fourth-order valence-electron chi connectivity index (χ4n) is 1.84. The third-order valence-corrected chi connectivity index (χ3v) is 2.61. The van der Waals surface area contributed by atoms with Crippen molar-refractivity contribution >= 4 is 11.7 Å². The van der Waals surface area contributed by atoms with Crippen molar-refractivity contribution < 1.29 is 9.90 Å². The molecule has 0 unspecified atom stereocenters. The Kier molecular flexibility index (Phi) is 4.73. The molecule has 1 N–H and O–H groups in total. The molecule has 0 heterocycles. The van der Waals surface area contributed by atoms with Crippen molar-refractivity contribution in [1.29, 1.82) is 5.26 Å². The van der Waals surface area contributed by atoms with E-state index in [4.69, 9.17) is 10.4 Å². The number of hydrogen-bond acceptors (Lipinski definition) is 3. The Morgan fingerprint density at radius 3 is 2.61 bits per heavy atom. The first kappa shape index (κ1) is 14.0. The van der Waals surface area contributed by atoms with Gasteiger partial charge in [0.15, 0.2) is 0 Å². The van der Waals surface area contributed by atoms with E-state index in [1.165, 1.54) is 0 Å². The summed E-state index contributed by atoms with van der Waals surface area (Å²) < 4.78 is 0. The standard InChI is InChI=1S/C14H18N2O2/c1-10(2)8-16(9-14(17)18)13-5-4-12(7-15)11(3)6-13/h4-6,10H,8-9H2,1-3H3,(H,17,18). The molecule has 18 heavy (non-hydrogen) atoms. The van der Waals surface area contributed by atoms with Crippen LogP contribution in [-0.4, -0.2) is 24.2 Å². The number of nitriles is 1. The Morgan fingerprint density at radius 2 is 2.17 bits per heavy atom.